The summed E-state index contributed by atoms with van der Waals surface area (Å²) in [6.45, 7) is 19.2. The van der Waals surface area contributed by atoms with Crippen LogP contribution in [-0.4, -0.2) is 0 Å². The van der Waals surface area contributed by atoms with Gasteiger partial charge in [-0.3, -0.25) is 0 Å². The Morgan fingerprint density at radius 1 is 1.33 bits per heavy atom. The van der Waals surface area contributed by atoms with Gasteiger partial charge in [0, 0.05) is 11.1 Å². The monoisotopic (exact) mass is 285 g/mol. The van der Waals surface area contributed by atoms with E-state index in [2.05, 4.69) is 71.3 Å². The average Bonchev–Trinajstić information content (AvgIpc) is 2.44. The maximum Gasteiger partial charge on any atom is 0.0293 e. The molecular weight excluding hydrogens is 254 g/mol. The summed E-state index contributed by atoms with van der Waals surface area (Å²) in [5.41, 5.74) is 5.13. The van der Waals surface area contributed by atoms with Gasteiger partial charge in [-0.15, -0.1) is 0 Å². The molecule has 116 valence electrons. The lowest BCUT2D eigenvalue weighted by Crippen LogP contribution is -2.28. The number of nitrogens with one attached hydrogen (secondary N) is 1. The quantitative estimate of drug-likeness (QED) is 0.678. The molecule has 0 radical (unpaired) electrons. The van der Waals surface area contributed by atoms with Crippen molar-refractivity contribution in [2.45, 2.75) is 59.3 Å². The third-order valence-corrected chi connectivity index (χ3v) is 4.27. The molecule has 0 unspecified atom stereocenters. The molecule has 1 rings (SSSR count). The fraction of sp³-hybridized carbons (Fsp3) is 0.500. The molecule has 21 heavy (non-hydrogen) atoms. The van der Waals surface area contributed by atoms with E-state index in [9.17, 15) is 0 Å². The minimum Gasteiger partial charge on any atom is -0.365 e. The Morgan fingerprint density at radius 2 is 2.00 bits per heavy atom. The van der Waals surface area contributed by atoms with Gasteiger partial charge in [0.25, 0.3) is 0 Å². The number of benzene rings is 1. The molecule has 0 aromatic heterocycles. The summed E-state index contributed by atoms with van der Waals surface area (Å²) in [4.78, 5) is 0. The zero-order valence-electron chi connectivity index (χ0n) is 14.4. The smallest absolute Gasteiger partial charge is 0.0293 e. The molecule has 1 aromatic carbocycles. The van der Waals surface area contributed by atoms with Gasteiger partial charge in [-0.1, -0.05) is 66.0 Å². The normalized spacial score (nSPS) is 11.5. The van der Waals surface area contributed by atoms with Crippen LogP contribution in [0.1, 0.15) is 57.7 Å². The Labute approximate surface area is 131 Å². The van der Waals surface area contributed by atoms with Crippen LogP contribution in [0.2, 0.25) is 0 Å². The molecule has 0 fully saturated rings. The fourth-order valence-electron chi connectivity index (χ4n) is 2.59. The largest absolute Gasteiger partial charge is 0.365 e. The molecule has 0 bridgehead atoms. The Balaban J connectivity index is 3.20. The van der Waals surface area contributed by atoms with E-state index in [1.54, 1.807) is 6.20 Å². The van der Waals surface area contributed by atoms with Crippen molar-refractivity contribution in [2.24, 2.45) is 5.92 Å². The van der Waals surface area contributed by atoms with Crippen molar-refractivity contribution < 1.29 is 0 Å². The van der Waals surface area contributed by atoms with Crippen LogP contribution in [0, 0.1) is 5.92 Å². The standard InChI is InChI=1S/C20H31N/c1-8-17-11-13-19(18(14-17)12-10-15(3)4)20(6,7)16(5)21-9-2/h9,11,13-15,21H,2,5,8,10,12H2,1,3-4,6-7H3. The first-order valence-electron chi connectivity index (χ1n) is 8.02. The molecule has 0 heterocycles. The molecule has 1 heteroatoms. The van der Waals surface area contributed by atoms with Crippen LogP contribution in [0.3, 0.4) is 0 Å². The van der Waals surface area contributed by atoms with Crippen molar-refractivity contribution in [1.29, 1.82) is 0 Å². The second-order valence-electron chi connectivity index (χ2n) is 6.73. The van der Waals surface area contributed by atoms with E-state index in [0.717, 1.165) is 24.5 Å². The Bertz CT molecular complexity index is 495. The van der Waals surface area contributed by atoms with Crippen molar-refractivity contribution in [3.05, 3.63) is 59.9 Å². The van der Waals surface area contributed by atoms with Crippen LogP contribution in [0.4, 0.5) is 0 Å². The highest BCUT2D eigenvalue weighted by Gasteiger charge is 2.26. The molecule has 1 nitrogen and oxygen atoms in total. The summed E-state index contributed by atoms with van der Waals surface area (Å²) in [6.07, 6.45) is 5.14. The molecular formula is C20H31N. The van der Waals surface area contributed by atoms with Crippen molar-refractivity contribution in [1.82, 2.24) is 5.32 Å². The predicted octanol–water partition coefficient (Wildman–Crippen LogP) is 5.36. The molecule has 1 aromatic rings. The van der Waals surface area contributed by atoms with Gasteiger partial charge in [0.05, 0.1) is 0 Å². The van der Waals surface area contributed by atoms with Gasteiger partial charge in [-0.2, -0.15) is 0 Å². The number of aryl methyl sites for hydroxylation is 2. The van der Waals surface area contributed by atoms with Gasteiger partial charge in [0.2, 0.25) is 0 Å². The Kier molecular flexibility index (Phi) is 6.26. The van der Waals surface area contributed by atoms with Crippen molar-refractivity contribution in [3.8, 4) is 0 Å². The first-order valence-corrected chi connectivity index (χ1v) is 8.02. The van der Waals surface area contributed by atoms with Crippen LogP contribution in [0.25, 0.3) is 0 Å². The zero-order chi connectivity index (χ0) is 16.0. The summed E-state index contributed by atoms with van der Waals surface area (Å²) < 4.78 is 0. The van der Waals surface area contributed by atoms with Crippen LogP contribution < -0.4 is 5.32 Å². The minimum atomic E-state index is -0.104. The molecule has 0 aliphatic heterocycles. The van der Waals surface area contributed by atoms with E-state index in [1.165, 1.54) is 23.1 Å². The summed E-state index contributed by atoms with van der Waals surface area (Å²) in [6, 6.07) is 6.91. The Morgan fingerprint density at radius 3 is 2.52 bits per heavy atom. The third-order valence-electron chi connectivity index (χ3n) is 4.27. The van der Waals surface area contributed by atoms with Crippen molar-refractivity contribution >= 4 is 0 Å². The van der Waals surface area contributed by atoms with Gasteiger partial charge in [0.15, 0.2) is 0 Å². The van der Waals surface area contributed by atoms with E-state index in [1.807, 2.05) is 0 Å². The lowest BCUT2D eigenvalue weighted by atomic mass is 9.77. The van der Waals surface area contributed by atoms with Gasteiger partial charge in [-0.05, 0) is 48.1 Å². The lowest BCUT2D eigenvalue weighted by Gasteiger charge is -2.30. The maximum absolute atomic E-state index is 4.19. The van der Waals surface area contributed by atoms with Crippen molar-refractivity contribution in [3.63, 3.8) is 0 Å². The second kappa shape index (κ2) is 7.49. The van der Waals surface area contributed by atoms with Crippen LogP contribution >= 0.6 is 0 Å². The number of hydrogen-bond donors (Lipinski definition) is 1. The van der Waals surface area contributed by atoms with Gasteiger partial charge in [-0.25, -0.2) is 0 Å². The number of hydrogen-bond acceptors (Lipinski definition) is 1. The molecule has 0 aliphatic rings. The lowest BCUT2D eigenvalue weighted by molar-refractivity contribution is 0.559. The fourth-order valence-corrected chi connectivity index (χ4v) is 2.59. The topological polar surface area (TPSA) is 12.0 Å². The maximum atomic E-state index is 4.19. The number of rotatable bonds is 8. The molecule has 0 saturated carbocycles. The second-order valence-corrected chi connectivity index (χ2v) is 6.73. The first kappa shape index (κ1) is 17.6. The minimum absolute atomic E-state index is 0.104. The third kappa shape index (κ3) is 4.49. The molecule has 0 atom stereocenters. The summed E-state index contributed by atoms with van der Waals surface area (Å²) in [5.74, 6) is 0.723. The van der Waals surface area contributed by atoms with E-state index in [0.29, 0.717) is 0 Å². The first-order chi connectivity index (χ1) is 9.82. The van der Waals surface area contributed by atoms with E-state index in [4.69, 9.17) is 0 Å². The molecule has 0 amide bonds. The Hall–Kier alpha value is -1.50. The van der Waals surface area contributed by atoms with E-state index in [-0.39, 0.29) is 5.41 Å². The average molecular weight is 285 g/mol. The highest BCUT2D eigenvalue weighted by Crippen LogP contribution is 2.33. The highest BCUT2D eigenvalue weighted by atomic mass is 14.9. The molecule has 1 N–H and O–H groups in total. The predicted molar refractivity (Wildman–Crippen MR) is 94.5 cm³/mol. The summed E-state index contributed by atoms with van der Waals surface area (Å²) in [7, 11) is 0. The molecule has 0 aliphatic carbocycles. The number of allylic oxidation sites excluding steroid dienone is 1. The van der Waals surface area contributed by atoms with E-state index < -0.39 is 0 Å². The van der Waals surface area contributed by atoms with Gasteiger partial charge < -0.3 is 5.32 Å². The SMILES string of the molecule is C=CNC(=C)C(C)(C)c1ccc(CC)cc1CCC(C)C. The van der Waals surface area contributed by atoms with Gasteiger partial charge in [0.1, 0.15) is 0 Å². The van der Waals surface area contributed by atoms with Crippen LogP contribution in [0.5, 0.6) is 0 Å². The summed E-state index contributed by atoms with van der Waals surface area (Å²) >= 11 is 0. The van der Waals surface area contributed by atoms with Crippen LogP contribution in [-0.2, 0) is 18.3 Å². The molecule has 0 saturated heterocycles. The van der Waals surface area contributed by atoms with Crippen molar-refractivity contribution in [2.75, 3.05) is 0 Å². The van der Waals surface area contributed by atoms with Gasteiger partial charge >= 0.3 is 0 Å². The summed E-state index contributed by atoms with van der Waals surface area (Å²) in [5, 5.41) is 3.17. The van der Waals surface area contributed by atoms with Crippen LogP contribution in [0.15, 0.2) is 43.3 Å². The highest BCUT2D eigenvalue weighted by molar-refractivity contribution is 5.42. The zero-order valence-corrected chi connectivity index (χ0v) is 14.4. The van der Waals surface area contributed by atoms with E-state index >= 15 is 0 Å². The molecule has 0 spiro atoms.